The van der Waals surface area contributed by atoms with E-state index in [1.165, 1.54) is 13.4 Å². The molecule has 2 fully saturated rings. The lowest BCUT2D eigenvalue weighted by Gasteiger charge is -2.32. The molecule has 0 unspecified atom stereocenters. The van der Waals surface area contributed by atoms with E-state index in [0.29, 0.717) is 33.2 Å². The molecule has 3 aromatic rings. The summed E-state index contributed by atoms with van der Waals surface area (Å²) in [4.78, 5) is 8.63. The van der Waals surface area contributed by atoms with Gasteiger partial charge in [0.15, 0.2) is 17.6 Å². The highest BCUT2D eigenvalue weighted by Gasteiger charge is 2.70. The van der Waals surface area contributed by atoms with Crippen molar-refractivity contribution in [3.8, 4) is 11.5 Å². The molecule has 0 aliphatic carbocycles. The Bertz CT molecular complexity index is 1300. The molecular weight excluding hydrogens is 571 g/mol. The van der Waals surface area contributed by atoms with Gasteiger partial charge in [-0.3, -0.25) is 0 Å². The Labute approximate surface area is 217 Å². The Morgan fingerprint density at radius 1 is 1.14 bits per heavy atom. The van der Waals surface area contributed by atoms with Crippen molar-refractivity contribution in [3.63, 3.8) is 0 Å². The van der Waals surface area contributed by atoms with E-state index >= 15 is 0 Å². The van der Waals surface area contributed by atoms with Gasteiger partial charge in [-0.05, 0) is 40.2 Å². The quantitative estimate of drug-likeness (QED) is 0.415. The Balaban J connectivity index is 1.43. The molecule has 0 bridgehead atoms. The zero-order chi connectivity index (χ0) is 25.7. The lowest BCUT2D eigenvalue weighted by Crippen LogP contribution is -2.56. The number of rotatable bonds is 6. The van der Waals surface area contributed by atoms with Crippen LogP contribution in [0.1, 0.15) is 0 Å². The van der Waals surface area contributed by atoms with Crippen LogP contribution in [0, 0.1) is 0 Å². The summed E-state index contributed by atoms with van der Waals surface area (Å²) >= 11 is 9.55. The lowest BCUT2D eigenvalue weighted by molar-refractivity contribution is -0.291. The molecule has 3 heterocycles. The third-order valence-electron chi connectivity index (χ3n) is 6.28. The van der Waals surface area contributed by atoms with E-state index in [1.807, 2.05) is 6.07 Å². The van der Waals surface area contributed by atoms with E-state index in [9.17, 15) is 13.2 Å². The second kappa shape index (κ2) is 9.49. The summed E-state index contributed by atoms with van der Waals surface area (Å²) < 4.78 is 69.4. The van der Waals surface area contributed by atoms with Crippen molar-refractivity contribution in [2.24, 2.45) is 0 Å². The number of hydrogen-bond donors (Lipinski definition) is 1. The second-order valence-corrected chi connectivity index (χ2v) is 9.54. The number of aromatic nitrogens is 2. The molecule has 0 amide bonds. The van der Waals surface area contributed by atoms with Crippen molar-refractivity contribution >= 4 is 49.9 Å². The molecular formula is C23H20BrClF3N3O5. The monoisotopic (exact) mass is 589 g/mol. The van der Waals surface area contributed by atoms with Crippen molar-refractivity contribution in [1.82, 2.24) is 9.97 Å². The minimum Gasteiger partial charge on any atom is -0.493 e. The zero-order valence-electron chi connectivity index (χ0n) is 18.9. The minimum absolute atomic E-state index is 0.112. The van der Waals surface area contributed by atoms with Crippen LogP contribution < -0.4 is 14.8 Å². The second-order valence-electron chi connectivity index (χ2n) is 8.27. The first-order valence-electron chi connectivity index (χ1n) is 10.7. The fourth-order valence-corrected chi connectivity index (χ4v) is 4.83. The van der Waals surface area contributed by atoms with Gasteiger partial charge in [0.1, 0.15) is 24.4 Å². The van der Waals surface area contributed by atoms with E-state index in [2.05, 4.69) is 31.2 Å². The maximum atomic E-state index is 13.8. The molecule has 13 heteroatoms. The number of ether oxygens (including phenoxy) is 5. The molecule has 2 aliphatic rings. The molecule has 2 aromatic carbocycles. The summed E-state index contributed by atoms with van der Waals surface area (Å²) in [7, 11) is 2.45. The molecule has 0 radical (unpaired) electrons. The van der Waals surface area contributed by atoms with Crippen LogP contribution in [0.3, 0.4) is 0 Å². The molecule has 0 saturated carbocycles. The SMILES string of the molecule is COc1cc2c(Nc3ccc(Br)c(Cl)c3)ncnc2cc1O[C@H]1CO[C@H]2[C@H]1OC[C@]2(OC)C(F)(F)F. The summed E-state index contributed by atoms with van der Waals surface area (Å²) in [6, 6.07) is 8.70. The van der Waals surface area contributed by atoms with Crippen LogP contribution in [0.2, 0.25) is 5.02 Å². The Morgan fingerprint density at radius 2 is 1.94 bits per heavy atom. The van der Waals surface area contributed by atoms with Crippen LogP contribution >= 0.6 is 27.5 Å². The van der Waals surface area contributed by atoms with Gasteiger partial charge < -0.3 is 29.0 Å². The summed E-state index contributed by atoms with van der Waals surface area (Å²) in [6.07, 6.45) is -6.43. The van der Waals surface area contributed by atoms with E-state index in [1.54, 1.807) is 24.3 Å². The van der Waals surface area contributed by atoms with Gasteiger partial charge in [-0.1, -0.05) is 11.6 Å². The van der Waals surface area contributed by atoms with E-state index in [0.717, 1.165) is 11.6 Å². The average Bonchev–Trinajstić information content (AvgIpc) is 3.42. The number of hydrogen-bond acceptors (Lipinski definition) is 8. The Hall–Kier alpha value is -2.38. The van der Waals surface area contributed by atoms with Gasteiger partial charge in [-0.15, -0.1) is 0 Å². The molecule has 4 atom stereocenters. The normalized spacial score (nSPS) is 25.7. The maximum Gasteiger partial charge on any atom is 0.422 e. The van der Waals surface area contributed by atoms with Gasteiger partial charge in [0.05, 0.1) is 30.9 Å². The van der Waals surface area contributed by atoms with Gasteiger partial charge in [0.25, 0.3) is 0 Å². The predicted molar refractivity (Wildman–Crippen MR) is 128 cm³/mol. The topological polar surface area (TPSA) is 84.0 Å². The fraction of sp³-hybridized carbons (Fsp3) is 0.391. The standard InChI is InChI=1S/C23H20BrClF3N3O5/c1-32-16-6-12-15(29-10-30-21(12)31-11-3-4-13(24)14(25)5-11)7-17(16)36-18-8-34-20-19(18)35-9-22(20,33-2)23(26,27)28/h3-7,10,18-20H,8-9H2,1-2H3,(H,29,30,31)/t18-,19-,20-,22+/m0/s1. The van der Waals surface area contributed by atoms with Crippen molar-refractivity contribution in [1.29, 1.82) is 0 Å². The van der Waals surface area contributed by atoms with E-state index in [4.69, 9.17) is 35.3 Å². The number of nitrogens with one attached hydrogen (secondary N) is 1. The van der Waals surface area contributed by atoms with Gasteiger partial charge in [0, 0.05) is 28.7 Å². The number of benzene rings is 2. The number of methoxy groups -OCH3 is 2. The first kappa shape index (κ1) is 25.3. The van der Waals surface area contributed by atoms with Gasteiger partial charge >= 0.3 is 6.18 Å². The van der Waals surface area contributed by atoms with Crippen LogP contribution in [0.15, 0.2) is 41.1 Å². The number of nitrogens with zero attached hydrogens (tertiary/aromatic N) is 2. The van der Waals surface area contributed by atoms with Crippen molar-refractivity contribution < 1.29 is 36.9 Å². The lowest BCUT2D eigenvalue weighted by atomic mass is 9.95. The van der Waals surface area contributed by atoms with Crippen molar-refractivity contribution in [2.75, 3.05) is 32.8 Å². The molecule has 1 aromatic heterocycles. The molecule has 0 spiro atoms. The highest BCUT2D eigenvalue weighted by molar-refractivity contribution is 9.10. The molecule has 5 rings (SSSR count). The van der Waals surface area contributed by atoms with Crippen molar-refractivity contribution in [2.45, 2.75) is 30.1 Å². The zero-order valence-corrected chi connectivity index (χ0v) is 21.3. The molecule has 2 aliphatic heterocycles. The van der Waals surface area contributed by atoms with E-state index in [-0.39, 0.29) is 12.4 Å². The van der Waals surface area contributed by atoms with E-state index < -0.39 is 36.7 Å². The highest BCUT2D eigenvalue weighted by atomic mass is 79.9. The molecule has 1 N–H and O–H groups in total. The summed E-state index contributed by atoms with van der Waals surface area (Å²) in [5.74, 6) is 1.12. The minimum atomic E-state index is -4.67. The van der Waals surface area contributed by atoms with Crippen molar-refractivity contribution in [3.05, 3.63) is 46.2 Å². The van der Waals surface area contributed by atoms with Crippen LogP contribution in [0.25, 0.3) is 10.9 Å². The fourth-order valence-electron chi connectivity index (χ4n) is 4.40. The molecule has 8 nitrogen and oxygen atoms in total. The molecule has 192 valence electrons. The third-order valence-corrected chi connectivity index (χ3v) is 7.51. The first-order chi connectivity index (χ1) is 17.2. The number of alkyl halides is 3. The van der Waals surface area contributed by atoms with Crippen LogP contribution in [-0.2, 0) is 14.2 Å². The van der Waals surface area contributed by atoms with Crippen LogP contribution in [-0.4, -0.2) is 67.5 Å². The highest BCUT2D eigenvalue weighted by Crippen LogP contribution is 2.47. The first-order valence-corrected chi connectivity index (χ1v) is 11.9. The number of halogens is 5. The molecule has 36 heavy (non-hydrogen) atoms. The Morgan fingerprint density at radius 3 is 2.64 bits per heavy atom. The summed E-state index contributed by atoms with van der Waals surface area (Å²) in [5, 5.41) is 4.37. The Kier molecular flexibility index (Phi) is 6.66. The average molecular weight is 591 g/mol. The summed E-state index contributed by atoms with van der Waals surface area (Å²) in [5.41, 5.74) is -1.32. The number of fused-ring (bicyclic) bond motifs is 2. The number of anilines is 2. The van der Waals surface area contributed by atoms with Gasteiger partial charge in [-0.2, -0.15) is 13.2 Å². The molecule has 2 saturated heterocycles. The maximum absolute atomic E-state index is 13.8. The smallest absolute Gasteiger partial charge is 0.422 e. The predicted octanol–water partition coefficient (Wildman–Crippen LogP) is 5.29. The van der Waals surface area contributed by atoms with Gasteiger partial charge in [-0.25, -0.2) is 9.97 Å². The van der Waals surface area contributed by atoms with Crippen LogP contribution in [0.5, 0.6) is 11.5 Å². The van der Waals surface area contributed by atoms with Crippen LogP contribution in [0.4, 0.5) is 24.7 Å². The van der Waals surface area contributed by atoms with Gasteiger partial charge in [0.2, 0.25) is 5.60 Å². The summed E-state index contributed by atoms with van der Waals surface area (Å²) in [6.45, 7) is -0.794. The largest absolute Gasteiger partial charge is 0.493 e. The third kappa shape index (κ3) is 4.24.